The highest BCUT2D eigenvalue weighted by molar-refractivity contribution is 7.11. The van der Waals surface area contributed by atoms with E-state index in [2.05, 4.69) is 15.2 Å². The zero-order chi connectivity index (χ0) is 13.7. The Balaban J connectivity index is 1.75. The SMILES string of the molecule is O=C(O)c1csc(C(=O)NCCN2CCOCC2)n1. The van der Waals surface area contributed by atoms with Crippen LogP contribution in [0.2, 0.25) is 0 Å². The quantitative estimate of drug-likeness (QED) is 0.785. The van der Waals surface area contributed by atoms with Crippen LogP contribution in [0.15, 0.2) is 5.38 Å². The van der Waals surface area contributed by atoms with Crippen molar-refractivity contribution in [3.05, 3.63) is 16.1 Å². The van der Waals surface area contributed by atoms with Crippen molar-refractivity contribution in [2.75, 3.05) is 39.4 Å². The zero-order valence-corrected chi connectivity index (χ0v) is 11.1. The molecule has 2 rings (SSSR count). The van der Waals surface area contributed by atoms with E-state index < -0.39 is 5.97 Å². The molecule has 1 aliphatic rings. The fourth-order valence-corrected chi connectivity index (χ4v) is 2.41. The summed E-state index contributed by atoms with van der Waals surface area (Å²) in [5.74, 6) is -1.45. The largest absolute Gasteiger partial charge is 0.476 e. The number of nitrogens with one attached hydrogen (secondary N) is 1. The number of thiazole rings is 1. The summed E-state index contributed by atoms with van der Waals surface area (Å²) in [5.41, 5.74) is -0.0941. The Labute approximate surface area is 114 Å². The molecule has 7 nitrogen and oxygen atoms in total. The average molecular weight is 285 g/mol. The maximum Gasteiger partial charge on any atom is 0.355 e. The van der Waals surface area contributed by atoms with Gasteiger partial charge in [0.1, 0.15) is 0 Å². The Bertz CT molecular complexity index is 457. The zero-order valence-electron chi connectivity index (χ0n) is 10.3. The molecule has 19 heavy (non-hydrogen) atoms. The number of carboxylic acid groups (broad SMARTS) is 1. The van der Waals surface area contributed by atoms with Crippen LogP contribution in [0.3, 0.4) is 0 Å². The molecule has 104 valence electrons. The molecule has 0 aromatic carbocycles. The first-order valence-corrected chi connectivity index (χ1v) is 6.82. The predicted molar refractivity (Wildman–Crippen MR) is 68.7 cm³/mol. The molecule has 0 spiro atoms. The van der Waals surface area contributed by atoms with Crippen LogP contribution in [0.4, 0.5) is 0 Å². The highest BCUT2D eigenvalue weighted by Crippen LogP contribution is 2.09. The minimum Gasteiger partial charge on any atom is -0.476 e. The summed E-state index contributed by atoms with van der Waals surface area (Å²) in [6.07, 6.45) is 0. The molecule has 2 heterocycles. The number of carbonyl (C=O) groups is 2. The Hall–Kier alpha value is -1.51. The van der Waals surface area contributed by atoms with Gasteiger partial charge in [0.25, 0.3) is 5.91 Å². The summed E-state index contributed by atoms with van der Waals surface area (Å²) < 4.78 is 5.23. The van der Waals surface area contributed by atoms with Gasteiger partial charge in [-0.1, -0.05) is 0 Å². The minimum absolute atomic E-state index is 0.0941. The van der Waals surface area contributed by atoms with Crippen LogP contribution in [0, 0.1) is 0 Å². The lowest BCUT2D eigenvalue weighted by atomic mass is 10.4. The van der Waals surface area contributed by atoms with Gasteiger partial charge in [-0.3, -0.25) is 9.69 Å². The van der Waals surface area contributed by atoms with E-state index in [1.807, 2.05) is 0 Å². The Morgan fingerprint density at radius 2 is 2.21 bits per heavy atom. The molecule has 1 amide bonds. The molecule has 0 unspecified atom stereocenters. The van der Waals surface area contributed by atoms with E-state index >= 15 is 0 Å². The number of nitrogens with zero attached hydrogens (tertiary/aromatic N) is 2. The number of hydrogen-bond acceptors (Lipinski definition) is 6. The lowest BCUT2D eigenvalue weighted by molar-refractivity contribution is 0.0383. The maximum absolute atomic E-state index is 11.7. The highest BCUT2D eigenvalue weighted by atomic mass is 32.1. The summed E-state index contributed by atoms with van der Waals surface area (Å²) in [5, 5.41) is 13.0. The van der Waals surface area contributed by atoms with Gasteiger partial charge in [-0.2, -0.15) is 0 Å². The Morgan fingerprint density at radius 1 is 1.47 bits per heavy atom. The van der Waals surface area contributed by atoms with Crippen molar-refractivity contribution < 1.29 is 19.4 Å². The Morgan fingerprint density at radius 3 is 2.84 bits per heavy atom. The van der Waals surface area contributed by atoms with E-state index in [1.54, 1.807) is 0 Å². The van der Waals surface area contributed by atoms with Crippen LogP contribution in [-0.2, 0) is 4.74 Å². The monoisotopic (exact) mass is 285 g/mol. The van der Waals surface area contributed by atoms with E-state index in [0.29, 0.717) is 6.54 Å². The van der Waals surface area contributed by atoms with Crippen LogP contribution in [-0.4, -0.2) is 66.3 Å². The standard InChI is InChI=1S/C11H15N3O4S/c15-9(10-13-8(7-19-10)11(16)17)12-1-2-14-3-5-18-6-4-14/h7H,1-6H2,(H,12,15)(H,16,17). The third kappa shape index (κ3) is 3.98. The van der Waals surface area contributed by atoms with Gasteiger partial charge in [0.15, 0.2) is 10.7 Å². The number of morpholine rings is 1. The number of rotatable bonds is 5. The molecule has 1 aromatic rings. The average Bonchev–Trinajstić information content (AvgIpc) is 2.89. The molecule has 0 aliphatic carbocycles. The van der Waals surface area contributed by atoms with Crippen molar-refractivity contribution in [3.63, 3.8) is 0 Å². The lowest BCUT2D eigenvalue weighted by Gasteiger charge is -2.26. The van der Waals surface area contributed by atoms with E-state index in [-0.39, 0.29) is 16.6 Å². The van der Waals surface area contributed by atoms with Gasteiger partial charge in [-0.05, 0) is 0 Å². The number of carbonyl (C=O) groups excluding carboxylic acids is 1. The second-order valence-electron chi connectivity index (χ2n) is 4.05. The molecule has 2 N–H and O–H groups in total. The van der Waals surface area contributed by atoms with E-state index in [1.165, 1.54) is 5.38 Å². The summed E-state index contributed by atoms with van der Waals surface area (Å²) in [6.45, 7) is 4.46. The first-order valence-electron chi connectivity index (χ1n) is 5.94. The first-order chi connectivity index (χ1) is 9.16. The topological polar surface area (TPSA) is 91.8 Å². The third-order valence-electron chi connectivity index (χ3n) is 2.73. The fraction of sp³-hybridized carbons (Fsp3) is 0.545. The van der Waals surface area contributed by atoms with E-state index in [0.717, 1.165) is 44.2 Å². The minimum atomic E-state index is -1.12. The second kappa shape index (κ2) is 6.60. The molecule has 0 saturated carbocycles. The smallest absolute Gasteiger partial charge is 0.355 e. The van der Waals surface area contributed by atoms with Crippen molar-refractivity contribution in [2.24, 2.45) is 0 Å². The second-order valence-corrected chi connectivity index (χ2v) is 4.91. The van der Waals surface area contributed by atoms with Crippen LogP contribution in [0.5, 0.6) is 0 Å². The molecule has 8 heteroatoms. The van der Waals surface area contributed by atoms with Crippen molar-refractivity contribution in [1.82, 2.24) is 15.2 Å². The van der Waals surface area contributed by atoms with Crippen LogP contribution >= 0.6 is 11.3 Å². The highest BCUT2D eigenvalue weighted by Gasteiger charge is 2.15. The molecule has 1 saturated heterocycles. The summed E-state index contributed by atoms with van der Waals surface area (Å²) >= 11 is 1.03. The summed E-state index contributed by atoms with van der Waals surface area (Å²) in [4.78, 5) is 28.3. The van der Waals surface area contributed by atoms with Crippen LogP contribution < -0.4 is 5.32 Å². The van der Waals surface area contributed by atoms with Gasteiger partial charge in [0, 0.05) is 31.6 Å². The van der Waals surface area contributed by atoms with Gasteiger partial charge in [0.05, 0.1) is 13.2 Å². The molecule has 1 fully saturated rings. The number of carboxylic acids is 1. The lowest BCUT2D eigenvalue weighted by Crippen LogP contribution is -2.41. The van der Waals surface area contributed by atoms with E-state index in [4.69, 9.17) is 9.84 Å². The molecule has 0 atom stereocenters. The van der Waals surface area contributed by atoms with Crippen molar-refractivity contribution >= 4 is 23.2 Å². The number of hydrogen-bond donors (Lipinski definition) is 2. The number of aromatic nitrogens is 1. The third-order valence-corrected chi connectivity index (χ3v) is 3.58. The van der Waals surface area contributed by atoms with E-state index in [9.17, 15) is 9.59 Å². The molecular formula is C11H15N3O4S. The number of aromatic carboxylic acids is 1. The van der Waals surface area contributed by atoms with Crippen LogP contribution in [0.25, 0.3) is 0 Å². The molecule has 1 aromatic heterocycles. The fourth-order valence-electron chi connectivity index (χ4n) is 1.70. The summed E-state index contributed by atoms with van der Waals surface area (Å²) in [7, 11) is 0. The summed E-state index contributed by atoms with van der Waals surface area (Å²) in [6, 6.07) is 0. The van der Waals surface area contributed by atoms with Crippen LogP contribution in [0.1, 0.15) is 20.3 Å². The molecule has 0 bridgehead atoms. The van der Waals surface area contributed by atoms with Gasteiger partial charge >= 0.3 is 5.97 Å². The molecule has 0 radical (unpaired) electrons. The van der Waals surface area contributed by atoms with Gasteiger partial charge in [0.2, 0.25) is 0 Å². The van der Waals surface area contributed by atoms with Crippen molar-refractivity contribution in [2.45, 2.75) is 0 Å². The van der Waals surface area contributed by atoms with Crippen molar-refractivity contribution in [1.29, 1.82) is 0 Å². The van der Waals surface area contributed by atoms with Gasteiger partial charge < -0.3 is 15.2 Å². The number of ether oxygens (including phenoxy) is 1. The first kappa shape index (κ1) is 13.9. The predicted octanol–water partition coefficient (Wildman–Crippen LogP) is -0.0967. The normalized spacial score (nSPS) is 16.2. The van der Waals surface area contributed by atoms with Gasteiger partial charge in [-0.25, -0.2) is 9.78 Å². The number of amides is 1. The van der Waals surface area contributed by atoms with Gasteiger partial charge in [-0.15, -0.1) is 11.3 Å². The van der Waals surface area contributed by atoms with Crippen molar-refractivity contribution in [3.8, 4) is 0 Å². The Kier molecular flexibility index (Phi) is 4.83. The molecular weight excluding hydrogens is 270 g/mol. The maximum atomic E-state index is 11.7. The molecule has 1 aliphatic heterocycles.